The zero-order chi connectivity index (χ0) is 18.4. The first kappa shape index (κ1) is 18.3. The minimum atomic E-state index is -0.102. The SMILES string of the molecule is CSc1ccc(/C=C/C(=O)NC2CCN(C(=O)c3ccco3)CC2)cc1. The van der Waals surface area contributed by atoms with Crippen molar-refractivity contribution in [1.29, 1.82) is 0 Å². The first-order valence-corrected chi connectivity index (χ1v) is 9.83. The van der Waals surface area contributed by atoms with Crippen molar-refractivity contribution in [2.75, 3.05) is 19.3 Å². The molecule has 1 aliphatic rings. The van der Waals surface area contributed by atoms with Gasteiger partial charge in [0.15, 0.2) is 5.76 Å². The molecule has 0 bridgehead atoms. The van der Waals surface area contributed by atoms with E-state index in [9.17, 15) is 9.59 Å². The molecule has 3 rings (SSSR count). The molecule has 2 aromatic rings. The fourth-order valence-electron chi connectivity index (χ4n) is 2.92. The van der Waals surface area contributed by atoms with Crippen LogP contribution in [0.2, 0.25) is 0 Å². The molecule has 1 saturated heterocycles. The minimum Gasteiger partial charge on any atom is -0.459 e. The van der Waals surface area contributed by atoms with E-state index in [4.69, 9.17) is 4.42 Å². The molecule has 1 aliphatic heterocycles. The Bertz CT molecular complexity index is 761. The van der Waals surface area contributed by atoms with Gasteiger partial charge in [0.2, 0.25) is 5.91 Å². The molecule has 1 N–H and O–H groups in total. The van der Waals surface area contributed by atoms with Gasteiger partial charge in [0.1, 0.15) is 0 Å². The van der Waals surface area contributed by atoms with Crippen LogP contribution in [0.15, 0.2) is 58.1 Å². The van der Waals surface area contributed by atoms with Gasteiger partial charge in [-0.05, 0) is 55.0 Å². The van der Waals surface area contributed by atoms with Crippen LogP contribution >= 0.6 is 11.8 Å². The summed E-state index contributed by atoms with van der Waals surface area (Å²) in [5, 5.41) is 3.01. The number of nitrogens with zero attached hydrogens (tertiary/aromatic N) is 1. The number of likely N-dealkylation sites (tertiary alicyclic amines) is 1. The molecule has 1 aromatic carbocycles. The smallest absolute Gasteiger partial charge is 0.289 e. The van der Waals surface area contributed by atoms with Gasteiger partial charge < -0.3 is 14.6 Å². The first-order chi connectivity index (χ1) is 12.7. The molecule has 1 aromatic heterocycles. The molecular formula is C20H22N2O3S. The highest BCUT2D eigenvalue weighted by atomic mass is 32.2. The van der Waals surface area contributed by atoms with Gasteiger partial charge in [-0.3, -0.25) is 9.59 Å². The van der Waals surface area contributed by atoms with Crippen LogP contribution in [0.25, 0.3) is 6.08 Å². The highest BCUT2D eigenvalue weighted by Crippen LogP contribution is 2.16. The number of furan rings is 1. The monoisotopic (exact) mass is 370 g/mol. The van der Waals surface area contributed by atoms with Crippen LogP contribution in [0.5, 0.6) is 0 Å². The summed E-state index contributed by atoms with van der Waals surface area (Å²) in [6.07, 6.45) is 8.40. The van der Waals surface area contributed by atoms with E-state index in [1.165, 1.54) is 11.2 Å². The van der Waals surface area contributed by atoms with E-state index in [0.29, 0.717) is 18.8 Å². The predicted molar refractivity (Wildman–Crippen MR) is 103 cm³/mol. The van der Waals surface area contributed by atoms with Gasteiger partial charge in [-0.2, -0.15) is 0 Å². The van der Waals surface area contributed by atoms with E-state index in [1.807, 2.05) is 36.6 Å². The Hall–Kier alpha value is -2.47. The first-order valence-electron chi connectivity index (χ1n) is 8.61. The maximum Gasteiger partial charge on any atom is 0.289 e. The second-order valence-electron chi connectivity index (χ2n) is 6.16. The number of benzene rings is 1. The normalized spacial score (nSPS) is 15.3. The second-order valence-corrected chi connectivity index (χ2v) is 7.04. The van der Waals surface area contributed by atoms with E-state index in [2.05, 4.69) is 5.32 Å². The summed E-state index contributed by atoms with van der Waals surface area (Å²) in [4.78, 5) is 27.3. The maximum atomic E-state index is 12.2. The van der Waals surface area contributed by atoms with Gasteiger partial charge in [0.05, 0.1) is 6.26 Å². The Labute approximate surface area is 157 Å². The number of carbonyl (C=O) groups is 2. The number of thioether (sulfide) groups is 1. The van der Waals surface area contributed by atoms with E-state index in [-0.39, 0.29) is 17.9 Å². The molecular weight excluding hydrogens is 348 g/mol. The van der Waals surface area contributed by atoms with E-state index in [0.717, 1.165) is 18.4 Å². The Morgan fingerprint density at radius 3 is 2.54 bits per heavy atom. The Kier molecular flexibility index (Phi) is 6.17. The Morgan fingerprint density at radius 2 is 1.92 bits per heavy atom. The van der Waals surface area contributed by atoms with Gasteiger partial charge in [-0.1, -0.05) is 12.1 Å². The molecule has 0 unspecified atom stereocenters. The molecule has 1 fully saturated rings. The summed E-state index contributed by atoms with van der Waals surface area (Å²) >= 11 is 1.69. The zero-order valence-electron chi connectivity index (χ0n) is 14.7. The summed E-state index contributed by atoms with van der Waals surface area (Å²) in [5.41, 5.74) is 0.997. The molecule has 0 aliphatic carbocycles. The number of hydrogen-bond donors (Lipinski definition) is 1. The van der Waals surface area contributed by atoms with E-state index < -0.39 is 0 Å². The van der Waals surface area contributed by atoms with Crippen molar-refractivity contribution in [3.63, 3.8) is 0 Å². The number of amides is 2. The summed E-state index contributed by atoms with van der Waals surface area (Å²) in [7, 11) is 0. The molecule has 0 saturated carbocycles. The van der Waals surface area contributed by atoms with E-state index >= 15 is 0 Å². The quantitative estimate of drug-likeness (QED) is 0.647. The fourth-order valence-corrected chi connectivity index (χ4v) is 3.33. The lowest BCUT2D eigenvalue weighted by Gasteiger charge is -2.31. The van der Waals surface area contributed by atoms with Gasteiger partial charge in [-0.15, -0.1) is 11.8 Å². The Balaban J connectivity index is 1.45. The van der Waals surface area contributed by atoms with Crippen molar-refractivity contribution >= 4 is 29.7 Å². The standard InChI is InChI=1S/C20H22N2O3S/c1-26-17-7-4-15(5-8-17)6-9-19(23)21-16-10-12-22(13-11-16)20(24)18-3-2-14-25-18/h2-9,14,16H,10-13H2,1H3,(H,21,23)/b9-6+. The highest BCUT2D eigenvalue weighted by molar-refractivity contribution is 7.98. The third-order valence-electron chi connectivity index (χ3n) is 4.40. The molecule has 0 radical (unpaired) electrons. The second kappa shape index (κ2) is 8.76. The Morgan fingerprint density at radius 1 is 1.19 bits per heavy atom. The van der Waals surface area contributed by atoms with Gasteiger partial charge >= 0.3 is 0 Å². The van der Waals surface area contributed by atoms with Crippen molar-refractivity contribution in [1.82, 2.24) is 10.2 Å². The number of piperidine rings is 1. The maximum absolute atomic E-state index is 12.2. The minimum absolute atomic E-state index is 0.0895. The van der Waals surface area contributed by atoms with Crippen LogP contribution in [-0.4, -0.2) is 42.1 Å². The molecule has 6 heteroatoms. The molecule has 0 atom stereocenters. The number of rotatable bonds is 5. The van der Waals surface area contributed by atoms with Crippen LogP contribution in [0.4, 0.5) is 0 Å². The van der Waals surface area contributed by atoms with Crippen LogP contribution < -0.4 is 5.32 Å². The number of carbonyl (C=O) groups excluding carboxylic acids is 2. The van der Waals surface area contributed by atoms with Crippen molar-refractivity contribution in [2.24, 2.45) is 0 Å². The van der Waals surface area contributed by atoms with Gasteiger partial charge in [0, 0.05) is 30.1 Å². The molecule has 136 valence electrons. The van der Waals surface area contributed by atoms with Gasteiger partial charge in [0.25, 0.3) is 5.91 Å². The average Bonchev–Trinajstić information content (AvgIpc) is 3.21. The molecule has 26 heavy (non-hydrogen) atoms. The number of hydrogen-bond acceptors (Lipinski definition) is 4. The van der Waals surface area contributed by atoms with Crippen molar-refractivity contribution in [2.45, 2.75) is 23.8 Å². The van der Waals surface area contributed by atoms with Gasteiger partial charge in [-0.25, -0.2) is 0 Å². The third-order valence-corrected chi connectivity index (χ3v) is 5.15. The third kappa shape index (κ3) is 4.79. The van der Waals surface area contributed by atoms with Crippen LogP contribution in [0.1, 0.15) is 29.0 Å². The van der Waals surface area contributed by atoms with Crippen LogP contribution in [-0.2, 0) is 4.79 Å². The lowest BCUT2D eigenvalue weighted by molar-refractivity contribution is -0.117. The average molecular weight is 370 g/mol. The van der Waals surface area contributed by atoms with Crippen molar-refractivity contribution in [3.05, 3.63) is 60.1 Å². The van der Waals surface area contributed by atoms with Crippen LogP contribution in [0.3, 0.4) is 0 Å². The lowest BCUT2D eigenvalue weighted by atomic mass is 10.0. The number of nitrogens with one attached hydrogen (secondary N) is 1. The van der Waals surface area contributed by atoms with E-state index in [1.54, 1.807) is 34.9 Å². The molecule has 0 spiro atoms. The van der Waals surface area contributed by atoms with Crippen molar-refractivity contribution in [3.8, 4) is 0 Å². The summed E-state index contributed by atoms with van der Waals surface area (Å²) in [6.45, 7) is 1.23. The molecule has 5 nitrogen and oxygen atoms in total. The topological polar surface area (TPSA) is 62.6 Å². The lowest BCUT2D eigenvalue weighted by Crippen LogP contribution is -2.46. The van der Waals surface area contributed by atoms with Crippen molar-refractivity contribution < 1.29 is 14.0 Å². The summed E-state index contributed by atoms with van der Waals surface area (Å²) in [5.74, 6) is 0.172. The summed E-state index contributed by atoms with van der Waals surface area (Å²) < 4.78 is 5.16. The largest absolute Gasteiger partial charge is 0.459 e. The molecule has 2 heterocycles. The zero-order valence-corrected chi connectivity index (χ0v) is 15.5. The highest BCUT2D eigenvalue weighted by Gasteiger charge is 2.25. The fraction of sp³-hybridized carbons (Fsp3) is 0.300. The predicted octanol–water partition coefficient (Wildman–Crippen LogP) is 3.44. The van der Waals surface area contributed by atoms with Crippen LogP contribution in [0, 0.1) is 0 Å². The summed E-state index contributed by atoms with van der Waals surface area (Å²) in [6, 6.07) is 11.5. The molecule has 2 amide bonds.